The molecule has 4 nitrogen and oxygen atoms in total. The lowest BCUT2D eigenvalue weighted by Crippen LogP contribution is -2.17. The summed E-state index contributed by atoms with van der Waals surface area (Å²) >= 11 is 0. The Labute approximate surface area is 191 Å². The zero-order chi connectivity index (χ0) is 22.4. The summed E-state index contributed by atoms with van der Waals surface area (Å²) in [6.07, 6.45) is 22.2. The smallest absolute Gasteiger partial charge is 0.240 e. The molecule has 31 heavy (non-hydrogen) atoms. The lowest BCUT2D eigenvalue weighted by Gasteiger charge is -2.06. The summed E-state index contributed by atoms with van der Waals surface area (Å²) < 4.78 is 5.55. The molecule has 0 aromatic heterocycles. The van der Waals surface area contributed by atoms with E-state index in [2.05, 4.69) is 17.5 Å². The van der Waals surface area contributed by atoms with E-state index in [-0.39, 0.29) is 5.91 Å². The highest BCUT2D eigenvalue weighted by atomic mass is 16.5. The number of carbonyl (C=O) groups excluding carboxylic acids is 1. The van der Waals surface area contributed by atoms with Gasteiger partial charge in [-0.15, -0.1) is 0 Å². The molecule has 1 aromatic rings. The fraction of sp³-hybridized carbons (Fsp3) is 0.704. The molecule has 1 amide bonds. The first-order chi connectivity index (χ1) is 15.3. The number of hydrogen-bond donors (Lipinski definition) is 1. The van der Waals surface area contributed by atoms with Crippen LogP contribution in [-0.4, -0.2) is 18.7 Å². The van der Waals surface area contributed by atoms with Crippen molar-refractivity contribution in [3.05, 3.63) is 29.8 Å². The van der Waals surface area contributed by atoms with Gasteiger partial charge in [0.15, 0.2) is 0 Å². The van der Waals surface area contributed by atoms with Crippen LogP contribution in [0.5, 0.6) is 5.75 Å². The molecule has 0 aliphatic rings. The third-order valence-electron chi connectivity index (χ3n) is 5.62. The Balaban J connectivity index is 1.92. The number of nitrogens with one attached hydrogen (secondary N) is 1. The van der Waals surface area contributed by atoms with E-state index < -0.39 is 0 Å². The topological polar surface area (TPSA) is 50.7 Å². The van der Waals surface area contributed by atoms with Gasteiger partial charge in [-0.3, -0.25) is 4.79 Å². The third-order valence-corrected chi connectivity index (χ3v) is 5.62. The van der Waals surface area contributed by atoms with Crippen LogP contribution >= 0.6 is 0 Å². The van der Waals surface area contributed by atoms with Gasteiger partial charge in [0.2, 0.25) is 5.91 Å². The van der Waals surface area contributed by atoms with Gasteiger partial charge in [-0.05, 0) is 25.5 Å². The average Bonchev–Trinajstić information content (AvgIpc) is 2.78. The summed E-state index contributed by atoms with van der Waals surface area (Å²) in [7, 11) is 0. The van der Waals surface area contributed by atoms with Gasteiger partial charge in [-0.25, -0.2) is 5.43 Å². The summed E-state index contributed by atoms with van der Waals surface area (Å²) in [4.78, 5) is 11.9. The Hall–Kier alpha value is -1.84. The molecule has 176 valence electrons. The zero-order valence-corrected chi connectivity index (χ0v) is 20.2. The van der Waals surface area contributed by atoms with Gasteiger partial charge < -0.3 is 4.74 Å². The molecular weight excluding hydrogens is 384 g/mol. The van der Waals surface area contributed by atoms with Gasteiger partial charge in [0, 0.05) is 12.0 Å². The summed E-state index contributed by atoms with van der Waals surface area (Å²) in [6, 6.07) is 7.69. The van der Waals surface area contributed by atoms with E-state index in [9.17, 15) is 4.79 Å². The molecule has 0 aliphatic carbocycles. The minimum absolute atomic E-state index is 0.0140. The molecule has 0 aliphatic heterocycles. The van der Waals surface area contributed by atoms with Crippen LogP contribution in [0.3, 0.4) is 0 Å². The van der Waals surface area contributed by atoms with E-state index in [0.717, 1.165) is 24.2 Å². The first kappa shape index (κ1) is 27.2. The standard InChI is InChI=1S/C27H46N2O2/c1-3-5-6-7-8-9-10-11-12-13-14-15-16-17-18-23-27(30)29-28-24-25-21-19-20-22-26(25)31-4-2/h19-22,24H,3-18,23H2,1-2H3,(H,29,30)/b28-24-. The molecule has 0 bridgehead atoms. The summed E-state index contributed by atoms with van der Waals surface area (Å²) in [5, 5.41) is 4.07. The lowest BCUT2D eigenvalue weighted by molar-refractivity contribution is -0.121. The molecule has 1 aromatic carbocycles. The van der Waals surface area contributed by atoms with Crippen molar-refractivity contribution in [1.82, 2.24) is 5.43 Å². The quantitative estimate of drug-likeness (QED) is 0.130. The van der Waals surface area contributed by atoms with Gasteiger partial charge >= 0.3 is 0 Å². The first-order valence-corrected chi connectivity index (χ1v) is 12.8. The first-order valence-electron chi connectivity index (χ1n) is 12.8. The maximum absolute atomic E-state index is 11.9. The molecule has 0 fully saturated rings. The SMILES string of the molecule is CCCCCCCCCCCCCCCCCC(=O)N/N=C\c1ccccc1OCC. The van der Waals surface area contributed by atoms with Gasteiger partial charge in [-0.1, -0.05) is 109 Å². The average molecular weight is 431 g/mol. The molecule has 0 radical (unpaired) electrons. The number of para-hydroxylation sites is 1. The maximum atomic E-state index is 11.9. The number of benzene rings is 1. The number of ether oxygens (including phenoxy) is 1. The highest BCUT2D eigenvalue weighted by Gasteiger charge is 2.01. The van der Waals surface area contributed by atoms with Crippen molar-refractivity contribution in [1.29, 1.82) is 0 Å². The predicted molar refractivity (Wildman–Crippen MR) is 133 cm³/mol. The summed E-state index contributed by atoms with van der Waals surface area (Å²) in [5.74, 6) is 0.769. The van der Waals surface area contributed by atoms with Gasteiger partial charge in [-0.2, -0.15) is 5.10 Å². The maximum Gasteiger partial charge on any atom is 0.240 e. The van der Waals surface area contributed by atoms with Crippen molar-refractivity contribution < 1.29 is 9.53 Å². The van der Waals surface area contributed by atoms with Crippen LogP contribution in [0.1, 0.15) is 122 Å². The number of carbonyl (C=O) groups is 1. The monoisotopic (exact) mass is 430 g/mol. The van der Waals surface area contributed by atoms with Crippen molar-refractivity contribution in [3.8, 4) is 5.75 Å². The number of hydrogen-bond acceptors (Lipinski definition) is 3. The van der Waals surface area contributed by atoms with Crippen LogP contribution in [0.2, 0.25) is 0 Å². The van der Waals surface area contributed by atoms with Crippen LogP contribution in [0.15, 0.2) is 29.4 Å². The highest BCUT2D eigenvalue weighted by Crippen LogP contribution is 2.16. The normalized spacial score (nSPS) is 11.2. The molecule has 1 N–H and O–H groups in total. The van der Waals surface area contributed by atoms with Crippen LogP contribution in [-0.2, 0) is 4.79 Å². The van der Waals surface area contributed by atoms with Crippen LogP contribution in [0.4, 0.5) is 0 Å². The van der Waals surface area contributed by atoms with E-state index in [1.54, 1.807) is 6.21 Å². The Morgan fingerprint density at radius 2 is 1.32 bits per heavy atom. The van der Waals surface area contributed by atoms with Crippen molar-refractivity contribution in [2.24, 2.45) is 5.10 Å². The molecular formula is C27H46N2O2. The number of rotatable bonds is 20. The van der Waals surface area contributed by atoms with E-state index in [0.29, 0.717) is 13.0 Å². The van der Waals surface area contributed by atoms with Crippen molar-refractivity contribution >= 4 is 12.1 Å². The second-order valence-electron chi connectivity index (χ2n) is 8.46. The summed E-state index contributed by atoms with van der Waals surface area (Å²) in [5.41, 5.74) is 3.50. The molecule has 0 saturated heterocycles. The lowest BCUT2D eigenvalue weighted by atomic mass is 10.0. The predicted octanol–water partition coefficient (Wildman–Crippen LogP) is 7.80. The highest BCUT2D eigenvalue weighted by molar-refractivity contribution is 5.85. The fourth-order valence-electron chi connectivity index (χ4n) is 3.76. The van der Waals surface area contributed by atoms with Gasteiger partial charge in [0.25, 0.3) is 0 Å². The molecule has 0 heterocycles. The Morgan fingerprint density at radius 1 is 0.806 bits per heavy atom. The number of nitrogens with zero attached hydrogens (tertiary/aromatic N) is 1. The Bertz CT molecular complexity index is 586. The Kier molecular flexibility index (Phi) is 17.6. The van der Waals surface area contributed by atoms with Gasteiger partial charge in [0.1, 0.15) is 5.75 Å². The molecule has 4 heteroatoms. The van der Waals surface area contributed by atoms with Crippen LogP contribution in [0, 0.1) is 0 Å². The second kappa shape index (κ2) is 20.1. The molecule has 0 spiro atoms. The number of hydrazone groups is 1. The van der Waals surface area contributed by atoms with E-state index in [1.165, 1.54) is 83.5 Å². The van der Waals surface area contributed by atoms with Gasteiger partial charge in [0.05, 0.1) is 12.8 Å². The molecule has 0 saturated carbocycles. The largest absolute Gasteiger partial charge is 0.493 e. The molecule has 0 atom stereocenters. The zero-order valence-electron chi connectivity index (χ0n) is 20.2. The number of unbranched alkanes of at least 4 members (excludes halogenated alkanes) is 14. The van der Waals surface area contributed by atoms with E-state index in [1.807, 2.05) is 31.2 Å². The van der Waals surface area contributed by atoms with Crippen molar-refractivity contribution in [2.45, 2.75) is 117 Å². The second-order valence-corrected chi connectivity index (χ2v) is 8.46. The van der Waals surface area contributed by atoms with Crippen molar-refractivity contribution in [2.75, 3.05) is 6.61 Å². The minimum atomic E-state index is -0.0140. The van der Waals surface area contributed by atoms with E-state index in [4.69, 9.17) is 4.74 Å². The Morgan fingerprint density at radius 3 is 1.87 bits per heavy atom. The molecule has 1 rings (SSSR count). The third kappa shape index (κ3) is 15.6. The fourth-order valence-corrected chi connectivity index (χ4v) is 3.76. The minimum Gasteiger partial charge on any atom is -0.493 e. The van der Waals surface area contributed by atoms with Crippen molar-refractivity contribution in [3.63, 3.8) is 0 Å². The van der Waals surface area contributed by atoms with Crippen LogP contribution < -0.4 is 10.2 Å². The number of amides is 1. The van der Waals surface area contributed by atoms with Crippen LogP contribution in [0.25, 0.3) is 0 Å². The summed E-state index contributed by atoms with van der Waals surface area (Å²) in [6.45, 7) is 4.84. The molecule has 0 unspecified atom stereocenters. The van der Waals surface area contributed by atoms with E-state index >= 15 is 0 Å².